The van der Waals surface area contributed by atoms with Gasteiger partial charge in [0, 0.05) is 19.0 Å². The summed E-state index contributed by atoms with van der Waals surface area (Å²) in [6.45, 7) is 0.413. The largest absolute Gasteiger partial charge is 0.522 e. The number of nitrogens with one attached hydrogen (secondary N) is 2. The average molecular weight is 503 g/mol. The summed E-state index contributed by atoms with van der Waals surface area (Å²) >= 11 is 0. The molecule has 1 saturated carbocycles. The van der Waals surface area contributed by atoms with Crippen molar-refractivity contribution in [2.45, 2.75) is 69.4 Å². The molecule has 1 aliphatic carbocycles. The summed E-state index contributed by atoms with van der Waals surface area (Å²) in [6, 6.07) is -2.39. The fourth-order valence-corrected chi connectivity index (χ4v) is 6.22. The molecule has 3 saturated heterocycles. The smallest absolute Gasteiger partial charge is 0.356 e. The average Bonchev–Trinajstić information content (AvgIpc) is 3.56. The molecule has 4 rings (SSSR count). The third-order valence-corrected chi connectivity index (χ3v) is 8.01. The second kappa shape index (κ2) is 10.4. The van der Waals surface area contributed by atoms with Crippen LogP contribution in [0.5, 0.6) is 0 Å². The first-order chi connectivity index (χ1) is 16.5. The second-order valence-corrected chi connectivity index (χ2v) is 10.2. The molecule has 0 aromatic heterocycles. The summed E-state index contributed by atoms with van der Waals surface area (Å²) in [5, 5.41) is 5.25. The number of fused-ring (bicyclic) bond motifs is 1. The Hall–Kier alpha value is -2.21. The van der Waals surface area contributed by atoms with Crippen molar-refractivity contribution in [1.82, 2.24) is 20.4 Å². The Kier molecular flexibility index (Phi) is 7.70. The van der Waals surface area contributed by atoms with Crippen LogP contribution >= 0.6 is 0 Å². The maximum absolute atomic E-state index is 13.5. The SMILES string of the molecule is CN1CCC[C@H]1C(=O)N1C[C@@H]2CCC[C@@H]2[C@H]1C(=O)NC(C[C@@H]1CCNC1=O)C(=O)COC(F)(F)F. The van der Waals surface area contributed by atoms with Crippen molar-refractivity contribution in [1.29, 1.82) is 0 Å². The van der Waals surface area contributed by atoms with Gasteiger partial charge in [0.15, 0.2) is 5.78 Å². The summed E-state index contributed by atoms with van der Waals surface area (Å²) in [4.78, 5) is 55.3. The molecule has 0 spiro atoms. The lowest BCUT2D eigenvalue weighted by Gasteiger charge is -2.32. The number of ether oxygens (including phenoxy) is 1. The molecule has 12 heteroatoms. The number of carbonyl (C=O) groups is 4. The van der Waals surface area contributed by atoms with Gasteiger partial charge in [-0.3, -0.25) is 28.8 Å². The number of nitrogens with zero attached hydrogens (tertiary/aromatic N) is 2. The molecule has 2 N–H and O–H groups in total. The van der Waals surface area contributed by atoms with E-state index in [2.05, 4.69) is 15.4 Å². The summed E-state index contributed by atoms with van der Waals surface area (Å²) in [5.41, 5.74) is 0. The molecule has 3 heterocycles. The van der Waals surface area contributed by atoms with Crippen LogP contribution in [0.25, 0.3) is 0 Å². The van der Waals surface area contributed by atoms with Crippen molar-refractivity contribution in [3.05, 3.63) is 0 Å². The van der Waals surface area contributed by atoms with Crippen molar-refractivity contribution < 1.29 is 37.1 Å². The van der Waals surface area contributed by atoms with Crippen molar-refractivity contribution >= 4 is 23.5 Å². The van der Waals surface area contributed by atoms with Crippen LogP contribution in [0.3, 0.4) is 0 Å². The molecule has 4 aliphatic rings. The number of rotatable bonds is 8. The van der Waals surface area contributed by atoms with Crippen LogP contribution in [-0.2, 0) is 23.9 Å². The first-order valence-electron chi connectivity index (χ1n) is 12.4. The van der Waals surface area contributed by atoms with Crippen LogP contribution in [0.4, 0.5) is 13.2 Å². The number of amides is 3. The van der Waals surface area contributed by atoms with E-state index in [4.69, 9.17) is 0 Å². The van der Waals surface area contributed by atoms with Crippen LogP contribution in [0, 0.1) is 17.8 Å². The van der Waals surface area contributed by atoms with Crippen LogP contribution in [0.15, 0.2) is 0 Å². The van der Waals surface area contributed by atoms with Gasteiger partial charge in [-0.1, -0.05) is 6.42 Å². The van der Waals surface area contributed by atoms with Crippen molar-refractivity contribution in [3.63, 3.8) is 0 Å². The lowest BCUT2D eigenvalue weighted by atomic mass is 9.92. The number of hydrogen-bond acceptors (Lipinski definition) is 6. The van der Waals surface area contributed by atoms with Crippen LogP contribution in [0.1, 0.15) is 44.9 Å². The second-order valence-electron chi connectivity index (χ2n) is 10.2. The van der Waals surface area contributed by atoms with Gasteiger partial charge in [-0.25, -0.2) is 0 Å². The highest BCUT2D eigenvalue weighted by Crippen LogP contribution is 2.43. The van der Waals surface area contributed by atoms with Gasteiger partial charge in [-0.05, 0) is 64.0 Å². The molecule has 0 aromatic carbocycles. The summed E-state index contributed by atoms with van der Waals surface area (Å²) in [5.74, 6) is -2.37. The Bertz CT molecular complexity index is 854. The third kappa shape index (κ3) is 5.79. The minimum Gasteiger partial charge on any atom is -0.356 e. The van der Waals surface area contributed by atoms with E-state index < -0.39 is 42.7 Å². The molecule has 35 heavy (non-hydrogen) atoms. The molecule has 0 aromatic rings. The summed E-state index contributed by atoms with van der Waals surface area (Å²) in [6.07, 6.45) is -0.464. The fraction of sp³-hybridized carbons (Fsp3) is 0.826. The molecule has 3 aliphatic heterocycles. The molecule has 0 bridgehead atoms. The van der Waals surface area contributed by atoms with Crippen molar-refractivity contribution in [2.24, 2.45) is 17.8 Å². The van der Waals surface area contributed by atoms with E-state index in [-0.39, 0.29) is 36.1 Å². The number of ketones is 1. The summed E-state index contributed by atoms with van der Waals surface area (Å²) in [7, 11) is 1.88. The lowest BCUT2D eigenvalue weighted by Crippen LogP contribution is -2.56. The quantitative estimate of drug-likeness (QED) is 0.509. The fourth-order valence-electron chi connectivity index (χ4n) is 6.22. The Morgan fingerprint density at radius 1 is 1.17 bits per heavy atom. The predicted octanol–water partition coefficient (Wildman–Crippen LogP) is 0.824. The minimum atomic E-state index is -4.99. The van der Waals surface area contributed by atoms with E-state index >= 15 is 0 Å². The number of halogens is 3. The minimum absolute atomic E-state index is 0.0531. The first kappa shape index (κ1) is 25.9. The molecule has 196 valence electrons. The van der Waals surface area contributed by atoms with Gasteiger partial charge >= 0.3 is 6.36 Å². The van der Waals surface area contributed by atoms with Crippen molar-refractivity contribution in [3.8, 4) is 0 Å². The highest BCUT2D eigenvalue weighted by molar-refractivity contribution is 5.95. The van der Waals surface area contributed by atoms with Gasteiger partial charge in [-0.2, -0.15) is 0 Å². The van der Waals surface area contributed by atoms with E-state index in [9.17, 15) is 32.3 Å². The highest BCUT2D eigenvalue weighted by Gasteiger charge is 2.51. The lowest BCUT2D eigenvalue weighted by molar-refractivity contribution is -0.321. The summed E-state index contributed by atoms with van der Waals surface area (Å²) < 4.78 is 41.3. The first-order valence-corrected chi connectivity index (χ1v) is 12.4. The Morgan fingerprint density at radius 3 is 2.57 bits per heavy atom. The molecule has 1 unspecified atom stereocenters. The van der Waals surface area contributed by atoms with Crippen LogP contribution in [-0.4, -0.2) is 91.1 Å². The number of Topliss-reactive ketones (excluding diaryl/α,β-unsaturated/α-hetero) is 1. The van der Waals surface area contributed by atoms with E-state index in [1.165, 1.54) is 0 Å². The third-order valence-electron chi connectivity index (χ3n) is 8.01. The van der Waals surface area contributed by atoms with Crippen LogP contribution < -0.4 is 10.6 Å². The predicted molar refractivity (Wildman–Crippen MR) is 117 cm³/mol. The molecule has 0 radical (unpaired) electrons. The van der Waals surface area contributed by atoms with E-state index in [0.29, 0.717) is 25.9 Å². The maximum Gasteiger partial charge on any atom is 0.522 e. The van der Waals surface area contributed by atoms with E-state index in [0.717, 1.165) is 32.2 Å². The van der Waals surface area contributed by atoms with E-state index in [1.54, 1.807) is 4.90 Å². The van der Waals surface area contributed by atoms with Gasteiger partial charge in [-0.15, -0.1) is 13.2 Å². The maximum atomic E-state index is 13.5. The molecular formula is C23H33F3N4O5. The molecular weight excluding hydrogens is 469 g/mol. The number of likely N-dealkylation sites (N-methyl/N-ethyl adjacent to an activating group) is 1. The van der Waals surface area contributed by atoms with Gasteiger partial charge in [0.25, 0.3) is 0 Å². The Labute approximate surface area is 202 Å². The zero-order valence-electron chi connectivity index (χ0n) is 19.8. The number of likely N-dealkylation sites (tertiary alicyclic amines) is 2. The number of alkyl halides is 3. The van der Waals surface area contributed by atoms with Gasteiger partial charge in [0.05, 0.1) is 12.1 Å². The normalized spacial score (nSPS) is 31.9. The molecule has 9 nitrogen and oxygen atoms in total. The van der Waals surface area contributed by atoms with Gasteiger partial charge < -0.3 is 15.5 Å². The van der Waals surface area contributed by atoms with E-state index in [1.807, 2.05) is 11.9 Å². The topological polar surface area (TPSA) is 108 Å². The Morgan fingerprint density at radius 2 is 1.94 bits per heavy atom. The zero-order chi connectivity index (χ0) is 25.3. The number of carbonyl (C=O) groups excluding carboxylic acids is 4. The van der Waals surface area contributed by atoms with Crippen molar-refractivity contribution in [2.75, 3.05) is 33.3 Å². The van der Waals surface area contributed by atoms with Gasteiger partial charge in [0.1, 0.15) is 12.6 Å². The molecule has 6 atom stereocenters. The number of hydrogen-bond donors (Lipinski definition) is 2. The molecule has 4 fully saturated rings. The molecule has 3 amide bonds. The van der Waals surface area contributed by atoms with Crippen LogP contribution in [0.2, 0.25) is 0 Å². The van der Waals surface area contributed by atoms with Gasteiger partial charge in [0.2, 0.25) is 17.7 Å². The highest BCUT2D eigenvalue weighted by atomic mass is 19.4. The monoisotopic (exact) mass is 502 g/mol. The zero-order valence-corrected chi connectivity index (χ0v) is 19.8. The standard InChI is InChI=1S/C23H33F3N4O5/c1-29-9-3-6-17(29)22(34)30-11-14-4-2-5-15(14)19(30)21(33)28-16(10-13-7-8-27-20(13)32)18(31)12-35-23(24,25)26/h13-17,19H,2-12H2,1H3,(H,27,32)(H,28,33)/t13-,14-,15-,16?,17-,19-/m0/s1. The Balaban J connectivity index is 1.51.